The first-order chi connectivity index (χ1) is 8.65. The first kappa shape index (κ1) is 15.4. The van der Waals surface area contributed by atoms with Gasteiger partial charge in [-0.3, -0.25) is 9.69 Å². The fraction of sp³-hybridized carbons (Fsp3) is 0.923. The zero-order valence-corrected chi connectivity index (χ0v) is 11.6. The molecular formula is C13H26N2O3. The average Bonchev–Trinajstić information content (AvgIpc) is 2.38. The van der Waals surface area contributed by atoms with Gasteiger partial charge in [-0.05, 0) is 32.7 Å². The number of hydrogen-bond acceptors (Lipinski definition) is 4. The van der Waals surface area contributed by atoms with E-state index in [9.17, 15) is 9.90 Å². The molecule has 1 atom stereocenters. The maximum Gasteiger partial charge on any atom is 0.251 e. The molecule has 1 amide bonds. The van der Waals surface area contributed by atoms with Crippen molar-refractivity contribution in [3.05, 3.63) is 0 Å². The van der Waals surface area contributed by atoms with E-state index < -0.39 is 6.10 Å². The molecule has 0 aliphatic carbocycles. The first-order valence-corrected chi connectivity index (χ1v) is 6.83. The Hall–Kier alpha value is -0.650. The van der Waals surface area contributed by atoms with Crippen molar-refractivity contribution in [1.82, 2.24) is 9.80 Å². The summed E-state index contributed by atoms with van der Waals surface area (Å²) in [6.07, 6.45) is 2.64. The van der Waals surface area contributed by atoms with E-state index in [0.29, 0.717) is 0 Å². The van der Waals surface area contributed by atoms with Gasteiger partial charge in [0.05, 0.1) is 0 Å². The molecule has 0 aromatic rings. The Morgan fingerprint density at radius 3 is 2.44 bits per heavy atom. The molecule has 0 radical (unpaired) electrons. The Kier molecular flexibility index (Phi) is 7.23. The van der Waals surface area contributed by atoms with Gasteiger partial charge in [0.1, 0.15) is 6.10 Å². The van der Waals surface area contributed by atoms with Crippen LogP contribution in [0, 0.1) is 0 Å². The lowest BCUT2D eigenvalue weighted by atomic mass is 10.2. The molecule has 1 fully saturated rings. The summed E-state index contributed by atoms with van der Waals surface area (Å²) in [6.45, 7) is 6.79. The van der Waals surface area contributed by atoms with E-state index in [-0.39, 0.29) is 5.91 Å². The Morgan fingerprint density at radius 1 is 1.22 bits per heavy atom. The quantitative estimate of drug-likeness (QED) is 0.669. The molecule has 1 unspecified atom stereocenters. The van der Waals surface area contributed by atoms with Gasteiger partial charge in [0, 0.05) is 39.9 Å². The number of aliphatic hydroxyl groups excluding tert-OH is 1. The van der Waals surface area contributed by atoms with Crippen LogP contribution >= 0.6 is 0 Å². The fourth-order valence-electron chi connectivity index (χ4n) is 2.21. The van der Waals surface area contributed by atoms with Crippen molar-refractivity contribution < 1.29 is 14.6 Å². The molecule has 18 heavy (non-hydrogen) atoms. The smallest absolute Gasteiger partial charge is 0.251 e. The van der Waals surface area contributed by atoms with Crippen LogP contribution in [0.3, 0.4) is 0 Å². The summed E-state index contributed by atoms with van der Waals surface area (Å²) in [6, 6.07) is 0. The van der Waals surface area contributed by atoms with Crippen LogP contribution < -0.4 is 0 Å². The van der Waals surface area contributed by atoms with Crippen LogP contribution in [0.2, 0.25) is 0 Å². The minimum absolute atomic E-state index is 0.144. The number of piperazine rings is 1. The van der Waals surface area contributed by atoms with Crippen LogP contribution in [-0.4, -0.2) is 73.4 Å². The Labute approximate surface area is 110 Å². The van der Waals surface area contributed by atoms with E-state index in [2.05, 4.69) is 4.90 Å². The van der Waals surface area contributed by atoms with E-state index in [1.165, 1.54) is 19.8 Å². The lowest BCUT2D eigenvalue weighted by molar-refractivity contribution is -0.141. The maximum atomic E-state index is 11.6. The molecule has 1 aliphatic rings. The Bertz CT molecular complexity index is 238. The van der Waals surface area contributed by atoms with E-state index in [1.54, 1.807) is 12.0 Å². The zero-order chi connectivity index (χ0) is 13.4. The van der Waals surface area contributed by atoms with Crippen LogP contribution in [0.15, 0.2) is 0 Å². The van der Waals surface area contributed by atoms with E-state index in [1.807, 2.05) is 0 Å². The lowest BCUT2D eigenvalue weighted by Gasteiger charge is -2.35. The summed E-state index contributed by atoms with van der Waals surface area (Å²) in [5.41, 5.74) is 0. The molecular weight excluding hydrogens is 232 g/mol. The van der Waals surface area contributed by atoms with Crippen LogP contribution in [-0.2, 0) is 9.53 Å². The van der Waals surface area contributed by atoms with E-state index in [0.717, 1.165) is 45.8 Å². The number of amides is 1. The number of unbranched alkanes of at least 4 members (excludes halogenated alkanes) is 2. The highest BCUT2D eigenvalue weighted by Crippen LogP contribution is 2.06. The second-order valence-corrected chi connectivity index (χ2v) is 4.90. The van der Waals surface area contributed by atoms with Gasteiger partial charge in [-0.25, -0.2) is 0 Å². The highest BCUT2D eigenvalue weighted by atomic mass is 16.5. The second-order valence-electron chi connectivity index (χ2n) is 4.90. The standard InChI is InChI=1S/C13H26N2O3/c1-12(16)13(17)15-9-7-14(8-10-15)6-4-3-5-11-18-2/h12,16H,3-11H2,1-2H3. The molecule has 0 aromatic heterocycles. The molecule has 1 aliphatic heterocycles. The van der Waals surface area contributed by atoms with Gasteiger partial charge in [-0.15, -0.1) is 0 Å². The van der Waals surface area contributed by atoms with Crippen LogP contribution in [0.1, 0.15) is 26.2 Å². The molecule has 1 saturated heterocycles. The number of nitrogens with zero attached hydrogens (tertiary/aromatic N) is 2. The molecule has 5 heteroatoms. The van der Waals surface area contributed by atoms with Crippen molar-refractivity contribution >= 4 is 5.91 Å². The fourth-order valence-corrected chi connectivity index (χ4v) is 2.21. The van der Waals surface area contributed by atoms with E-state index >= 15 is 0 Å². The molecule has 1 N–H and O–H groups in total. The largest absolute Gasteiger partial charge is 0.385 e. The molecule has 0 aromatic carbocycles. The first-order valence-electron chi connectivity index (χ1n) is 6.83. The normalized spacial score (nSPS) is 18.9. The summed E-state index contributed by atoms with van der Waals surface area (Å²) in [4.78, 5) is 15.7. The predicted molar refractivity (Wildman–Crippen MR) is 70.4 cm³/mol. The van der Waals surface area contributed by atoms with E-state index in [4.69, 9.17) is 4.74 Å². The van der Waals surface area contributed by atoms with Gasteiger partial charge < -0.3 is 14.7 Å². The average molecular weight is 258 g/mol. The third-order valence-electron chi connectivity index (χ3n) is 3.36. The summed E-state index contributed by atoms with van der Waals surface area (Å²) in [7, 11) is 1.73. The molecule has 0 spiro atoms. The van der Waals surface area contributed by atoms with Crippen molar-refractivity contribution in [2.75, 3.05) is 46.4 Å². The number of aliphatic hydroxyl groups is 1. The summed E-state index contributed by atoms with van der Waals surface area (Å²) >= 11 is 0. The monoisotopic (exact) mass is 258 g/mol. The van der Waals surface area contributed by atoms with Gasteiger partial charge in [-0.1, -0.05) is 0 Å². The number of ether oxygens (including phenoxy) is 1. The van der Waals surface area contributed by atoms with Crippen LogP contribution in [0.4, 0.5) is 0 Å². The summed E-state index contributed by atoms with van der Waals surface area (Å²) in [5.74, 6) is -0.144. The Morgan fingerprint density at radius 2 is 1.89 bits per heavy atom. The second kappa shape index (κ2) is 8.45. The maximum absolute atomic E-state index is 11.6. The van der Waals surface area contributed by atoms with Crippen LogP contribution in [0.5, 0.6) is 0 Å². The predicted octanol–water partition coefficient (Wildman–Crippen LogP) is 0.328. The highest BCUT2D eigenvalue weighted by Gasteiger charge is 2.23. The molecule has 0 saturated carbocycles. The van der Waals surface area contributed by atoms with Gasteiger partial charge in [0.15, 0.2) is 0 Å². The minimum Gasteiger partial charge on any atom is -0.385 e. The minimum atomic E-state index is -0.870. The van der Waals surface area contributed by atoms with Gasteiger partial charge in [-0.2, -0.15) is 0 Å². The molecule has 1 heterocycles. The lowest BCUT2D eigenvalue weighted by Crippen LogP contribution is -2.51. The van der Waals surface area contributed by atoms with Gasteiger partial charge in [0.25, 0.3) is 5.91 Å². The molecule has 5 nitrogen and oxygen atoms in total. The highest BCUT2D eigenvalue weighted by molar-refractivity contribution is 5.80. The van der Waals surface area contributed by atoms with Crippen molar-refractivity contribution in [3.63, 3.8) is 0 Å². The number of carbonyl (C=O) groups is 1. The Balaban J connectivity index is 2.10. The summed E-state index contributed by atoms with van der Waals surface area (Å²) < 4.78 is 5.02. The van der Waals surface area contributed by atoms with Gasteiger partial charge in [0.2, 0.25) is 0 Å². The third kappa shape index (κ3) is 5.33. The topological polar surface area (TPSA) is 53.0 Å². The number of carbonyl (C=O) groups excluding carboxylic acids is 1. The SMILES string of the molecule is COCCCCCN1CCN(C(=O)C(C)O)CC1. The van der Waals surface area contributed by atoms with Crippen molar-refractivity contribution in [2.24, 2.45) is 0 Å². The number of methoxy groups -OCH3 is 1. The van der Waals surface area contributed by atoms with Crippen LogP contribution in [0.25, 0.3) is 0 Å². The zero-order valence-electron chi connectivity index (χ0n) is 11.6. The third-order valence-corrected chi connectivity index (χ3v) is 3.36. The van der Waals surface area contributed by atoms with Gasteiger partial charge >= 0.3 is 0 Å². The molecule has 0 bridgehead atoms. The van der Waals surface area contributed by atoms with Crippen molar-refractivity contribution in [1.29, 1.82) is 0 Å². The number of rotatable bonds is 7. The van der Waals surface area contributed by atoms with Crippen molar-refractivity contribution in [2.45, 2.75) is 32.3 Å². The molecule has 106 valence electrons. The number of hydrogen-bond donors (Lipinski definition) is 1. The van der Waals surface area contributed by atoms with Crippen molar-refractivity contribution in [3.8, 4) is 0 Å². The summed E-state index contributed by atoms with van der Waals surface area (Å²) in [5, 5.41) is 9.25. The molecule has 1 rings (SSSR count).